The zero-order valence-corrected chi connectivity index (χ0v) is 7.65. The Morgan fingerprint density at radius 1 is 1.75 bits per heavy atom. The number of carbonyl (C=O) groups is 1. The molecule has 0 unspecified atom stereocenters. The predicted molar refractivity (Wildman–Crippen MR) is 34.9 cm³/mol. The Kier molecular flexibility index (Phi) is 11.1. The van der Waals surface area contributed by atoms with Crippen LogP contribution in [0.5, 0.6) is 0 Å². The third-order valence-electron chi connectivity index (χ3n) is 0.682. The van der Waals surface area contributed by atoms with Crippen LogP contribution in [0.25, 0.3) is 0 Å². The number of carbonyl (C=O) groups excluding carboxylic acids is 1. The number of hydrogen-bond acceptors (Lipinski definition) is 2. The topological polar surface area (TPSA) is 26.3 Å². The summed E-state index contributed by atoms with van der Waals surface area (Å²) >= 11 is 0. The van der Waals surface area contributed by atoms with Crippen molar-refractivity contribution in [3.63, 3.8) is 0 Å². The van der Waals surface area contributed by atoms with Crippen LogP contribution < -0.4 is 0 Å². The second kappa shape index (κ2) is 7.73. The summed E-state index contributed by atoms with van der Waals surface area (Å²) in [6, 6.07) is 0. The van der Waals surface area contributed by atoms with Gasteiger partial charge in [-0.05, 0) is 6.42 Å². The molecule has 0 radical (unpaired) electrons. The molecule has 0 atom stereocenters. The molecule has 0 fully saturated rings. The maximum Gasteiger partial charge on any atom is 2.00 e. The monoisotopic (exact) mass is 144 g/mol. The molecule has 2 nitrogen and oxygen atoms in total. The summed E-state index contributed by atoms with van der Waals surface area (Å²) in [5.74, 6) is -0.123. The van der Waals surface area contributed by atoms with Crippen molar-refractivity contribution >= 4 is 43.7 Å². The van der Waals surface area contributed by atoms with Crippen molar-refractivity contribution in [1.29, 1.82) is 0 Å². The average molecular weight is 144 g/mol. The Morgan fingerprint density at radius 3 is 2.38 bits per heavy atom. The summed E-state index contributed by atoms with van der Waals surface area (Å²) in [7, 11) is 1.40. The fourth-order valence-electron chi connectivity index (χ4n) is 0.306. The SMILES string of the molecule is CCCC(=O)OC.[Ca+2].[H-].[H-]. The van der Waals surface area contributed by atoms with Crippen molar-refractivity contribution in [2.24, 2.45) is 0 Å². The van der Waals surface area contributed by atoms with E-state index < -0.39 is 0 Å². The van der Waals surface area contributed by atoms with E-state index in [0.29, 0.717) is 6.42 Å². The predicted octanol–water partition coefficient (Wildman–Crippen LogP) is 0.804. The summed E-state index contributed by atoms with van der Waals surface area (Å²) in [6.07, 6.45) is 1.41. The van der Waals surface area contributed by atoms with Gasteiger partial charge in [-0.1, -0.05) is 6.92 Å². The Bertz CT molecular complexity index is 70.7. The summed E-state index contributed by atoms with van der Waals surface area (Å²) in [4.78, 5) is 10.2. The van der Waals surface area contributed by atoms with Gasteiger partial charge in [0.15, 0.2) is 0 Å². The quantitative estimate of drug-likeness (QED) is 0.423. The van der Waals surface area contributed by atoms with Gasteiger partial charge in [0, 0.05) is 6.42 Å². The molecule has 8 heavy (non-hydrogen) atoms. The van der Waals surface area contributed by atoms with Crippen molar-refractivity contribution in [2.45, 2.75) is 19.8 Å². The fourth-order valence-corrected chi connectivity index (χ4v) is 0.306. The third-order valence-corrected chi connectivity index (χ3v) is 0.682. The van der Waals surface area contributed by atoms with E-state index in [1.165, 1.54) is 7.11 Å². The first-order chi connectivity index (χ1) is 3.31. The van der Waals surface area contributed by atoms with Crippen molar-refractivity contribution in [3.8, 4) is 0 Å². The van der Waals surface area contributed by atoms with E-state index >= 15 is 0 Å². The first-order valence-corrected chi connectivity index (χ1v) is 2.38. The van der Waals surface area contributed by atoms with Crippen LogP contribution in [0.3, 0.4) is 0 Å². The van der Waals surface area contributed by atoms with Crippen LogP contribution in [-0.4, -0.2) is 50.8 Å². The van der Waals surface area contributed by atoms with E-state index in [4.69, 9.17) is 0 Å². The van der Waals surface area contributed by atoms with E-state index in [-0.39, 0.29) is 46.6 Å². The van der Waals surface area contributed by atoms with Crippen LogP contribution in [0.2, 0.25) is 0 Å². The van der Waals surface area contributed by atoms with Crippen LogP contribution in [0.1, 0.15) is 22.6 Å². The summed E-state index contributed by atoms with van der Waals surface area (Å²) in [5.41, 5.74) is 0. The van der Waals surface area contributed by atoms with Gasteiger partial charge >= 0.3 is 43.7 Å². The summed E-state index contributed by atoms with van der Waals surface area (Å²) in [5, 5.41) is 0. The van der Waals surface area contributed by atoms with Crippen molar-refractivity contribution < 1.29 is 12.4 Å². The van der Waals surface area contributed by atoms with Gasteiger partial charge in [-0.15, -0.1) is 0 Å². The Balaban J connectivity index is -0.0000000600. The molecule has 3 heteroatoms. The van der Waals surface area contributed by atoms with E-state index in [1.807, 2.05) is 6.92 Å². The van der Waals surface area contributed by atoms with Gasteiger partial charge < -0.3 is 7.59 Å². The van der Waals surface area contributed by atoms with Crippen molar-refractivity contribution in [3.05, 3.63) is 0 Å². The van der Waals surface area contributed by atoms with Crippen LogP contribution in [0.15, 0.2) is 0 Å². The van der Waals surface area contributed by atoms with Gasteiger partial charge in [-0.2, -0.15) is 0 Å². The molecule has 0 heterocycles. The molecule has 0 saturated carbocycles. The zero-order valence-electron chi connectivity index (χ0n) is 7.44. The van der Waals surface area contributed by atoms with E-state index in [9.17, 15) is 4.79 Å². The molecule has 0 aliphatic rings. The number of ether oxygens (including phenoxy) is 1. The van der Waals surface area contributed by atoms with Crippen LogP contribution in [0, 0.1) is 0 Å². The minimum absolute atomic E-state index is 0. The second-order valence-corrected chi connectivity index (χ2v) is 1.33. The van der Waals surface area contributed by atoms with Crippen LogP contribution in [-0.2, 0) is 9.53 Å². The van der Waals surface area contributed by atoms with Crippen molar-refractivity contribution in [2.75, 3.05) is 7.11 Å². The molecule has 0 N–H and O–H groups in total. The molecule has 0 aliphatic carbocycles. The van der Waals surface area contributed by atoms with Gasteiger partial charge in [0.25, 0.3) is 0 Å². The molecule has 0 spiro atoms. The molecule has 0 aromatic heterocycles. The number of methoxy groups -OCH3 is 1. The molecule has 0 aromatic rings. The number of rotatable bonds is 2. The Labute approximate surface area is 82.6 Å². The molecular weight excluding hydrogens is 132 g/mol. The fraction of sp³-hybridized carbons (Fsp3) is 0.800. The minimum atomic E-state index is -0.123. The van der Waals surface area contributed by atoms with Gasteiger partial charge in [-0.3, -0.25) is 4.79 Å². The van der Waals surface area contributed by atoms with Crippen molar-refractivity contribution in [1.82, 2.24) is 0 Å². The largest absolute Gasteiger partial charge is 2.00 e. The minimum Gasteiger partial charge on any atom is -1.00 e. The first kappa shape index (κ1) is 11.5. The van der Waals surface area contributed by atoms with Crippen LogP contribution >= 0.6 is 0 Å². The Hall–Kier alpha value is 0.730. The average Bonchev–Trinajstić information content (AvgIpc) is 1.68. The van der Waals surface area contributed by atoms with E-state index in [1.54, 1.807) is 0 Å². The zero-order chi connectivity index (χ0) is 5.70. The molecule has 0 aliphatic heterocycles. The summed E-state index contributed by atoms with van der Waals surface area (Å²) in [6.45, 7) is 1.94. The summed E-state index contributed by atoms with van der Waals surface area (Å²) < 4.78 is 4.35. The molecule has 0 rings (SSSR count). The number of hydrogen-bond donors (Lipinski definition) is 0. The molecule has 0 bridgehead atoms. The molecular formula is C5H12CaO2. The van der Waals surface area contributed by atoms with Gasteiger partial charge in [0.2, 0.25) is 0 Å². The van der Waals surface area contributed by atoms with Gasteiger partial charge in [0.1, 0.15) is 0 Å². The van der Waals surface area contributed by atoms with E-state index in [0.717, 1.165) is 6.42 Å². The maximum atomic E-state index is 10.2. The van der Waals surface area contributed by atoms with Crippen LogP contribution in [0.4, 0.5) is 0 Å². The van der Waals surface area contributed by atoms with Gasteiger partial charge in [0.05, 0.1) is 7.11 Å². The Morgan fingerprint density at radius 2 is 2.25 bits per heavy atom. The molecule has 46 valence electrons. The second-order valence-electron chi connectivity index (χ2n) is 1.33. The normalized spacial score (nSPS) is 7.25. The standard InChI is InChI=1S/C5H10O2.Ca.2H/c1-3-4-5(6)7-2;;;/h3-4H2,1-2H3;;;/q;+2;2*-1. The third kappa shape index (κ3) is 6.73. The molecule has 0 amide bonds. The smallest absolute Gasteiger partial charge is 1.00 e. The molecule has 0 aromatic carbocycles. The van der Waals surface area contributed by atoms with Gasteiger partial charge in [-0.25, -0.2) is 0 Å². The molecule has 0 saturated heterocycles. The van der Waals surface area contributed by atoms with E-state index in [2.05, 4.69) is 4.74 Å². The first-order valence-electron chi connectivity index (χ1n) is 2.38. The number of esters is 1. The maximum absolute atomic E-state index is 10.2.